The van der Waals surface area contributed by atoms with Gasteiger partial charge in [0.1, 0.15) is 0 Å². The number of halogens is 1. The summed E-state index contributed by atoms with van der Waals surface area (Å²) in [6.45, 7) is 2.19. The van der Waals surface area contributed by atoms with Crippen LogP contribution in [0, 0.1) is 3.57 Å². The van der Waals surface area contributed by atoms with Gasteiger partial charge in [0, 0.05) is 3.57 Å². The summed E-state index contributed by atoms with van der Waals surface area (Å²) in [5, 5.41) is 0. The Morgan fingerprint density at radius 2 is 2.00 bits per heavy atom. The van der Waals surface area contributed by atoms with Crippen molar-refractivity contribution >= 4 is 39.6 Å². The van der Waals surface area contributed by atoms with Crippen molar-refractivity contribution in [2.24, 2.45) is 0 Å². The Hall–Kier alpha value is -1.56. The highest BCUT2D eigenvalue weighted by Gasteiger charge is 2.12. The monoisotopic (exact) mass is 377 g/mol. The minimum absolute atomic E-state index is 0.547. The number of aryl methyl sites for hydroxylation is 1. The molecule has 0 radical (unpaired) electrons. The molecule has 0 spiro atoms. The summed E-state index contributed by atoms with van der Waals surface area (Å²) in [6.07, 6.45) is 2.15. The highest BCUT2D eigenvalue weighted by molar-refractivity contribution is 14.1. The fourth-order valence-electron chi connectivity index (χ4n) is 2.53. The molecule has 0 unspecified atom stereocenters. The smallest absolute Gasteiger partial charge is 0.205 e. The van der Waals surface area contributed by atoms with Crippen LogP contribution >= 0.6 is 22.6 Å². The van der Waals surface area contributed by atoms with E-state index in [0.717, 1.165) is 29.6 Å². The second-order valence-corrected chi connectivity index (χ2v) is 6.06. The van der Waals surface area contributed by atoms with Gasteiger partial charge in [-0.15, -0.1) is 0 Å². The van der Waals surface area contributed by atoms with Crippen LogP contribution in [0.4, 0.5) is 5.95 Å². The van der Waals surface area contributed by atoms with E-state index in [9.17, 15) is 0 Å². The Balaban J connectivity index is 2.27. The largest absolute Gasteiger partial charge is 0.369 e. The predicted molar refractivity (Wildman–Crippen MR) is 92.2 cm³/mol. The number of fused-ring (bicyclic) bond motifs is 1. The number of anilines is 1. The Morgan fingerprint density at radius 3 is 2.80 bits per heavy atom. The van der Waals surface area contributed by atoms with E-state index in [0.29, 0.717) is 5.95 Å². The van der Waals surface area contributed by atoms with Crippen LogP contribution < -0.4 is 5.73 Å². The Bertz CT molecular complexity index is 762. The van der Waals surface area contributed by atoms with Crippen molar-refractivity contribution in [1.82, 2.24) is 9.55 Å². The maximum Gasteiger partial charge on any atom is 0.205 e. The maximum absolute atomic E-state index is 6.15. The third kappa shape index (κ3) is 2.28. The van der Waals surface area contributed by atoms with E-state index in [1.54, 1.807) is 0 Å². The molecule has 1 heterocycles. The summed E-state index contributed by atoms with van der Waals surface area (Å²) < 4.78 is 3.22. The maximum atomic E-state index is 6.15. The number of hydrogen-bond donors (Lipinski definition) is 1. The van der Waals surface area contributed by atoms with Gasteiger partial charge in [0.15, 0.2) is 0 Å². The molecule has 0 saturated heterocycles. The molecule has 3 nitrogen and oxygen atoms in total. The Morgan fingerprint density at radius 1 is 1.20 bits per heavy atom. The number of aromatic nitrogens is 2. The molecule has 2 aromatic carbocycles. The molecule has 0 aliphatic heterocycles. The highest BCUT2D eigenvalue weighted by Crippen LogP contribution is 2.27. The van der Waals surface area contributed by atoms with E-state index >= 15 is 0 Å². The molecule has 2 N–H and O–H groups in total. The summed E-state index contributed by atoms with van der Waals surface area (Å²) in [7, 11) is 0. The second-order valence-electron chi connectivity index (χ2n) is 4.82. The van der Waals surface area contributed by atoms with Crippen molar-refractivity contribution in [1.29, 1.82) is 0 Å². The minimum Gasteiger partial charge on any atom is -0.369 e. The summed E-state index contributed by atoms with van der Waals surface area (Å²) in [5.41, 5.74) is 10.6. The zero-order chi connectivity index (χ0) is 14.1. The van der Waals surface area contributed by atoms with Gasteiger partial charge in [0.25, 0.3) is 0 Å². The van der Waals surface area contributed by atoms with Gasteiger partial charge in [-0.05, 0) is 58.8 Å². The van der Waals surface area contributed by atoms with E-state index in [4.69, 9.17) is 5.73 Å². The standard InChI is InChI=1S/C16H16IN3/c1-2-5-11-6-3-4-7-14(11)20-15-9-8-12(17)10-13(15)19-16(20)18/h3-4,6-10H,2,5H2,1H3,(H2,18,19). The topological polar surface area (TPSA) is 43.8 Å². The second kappa shape index (κ2) is 5.44. The van der Waals surface area contributed by atoms with Crippen LogP contribution in [0.1, 0.15) is 18.9 Å². The molecule has 0 fully saturated rings. The van der Waals surface area contributed by atoms with Gasteiger partial charge in [-0.1, -0.05) is 31.5 Å². The van der Waals surface area contributed by atoms with E-state index in [-0.39, 0.29) is 0 Å². The van der Waals surface area contributed by atoms with Crippen LogP contribution in [0.15, 0.2) is 42.5 Å². The normalized spacial score (nSPS) is 11.1. The van der Waals surface area contributed by atoms with Crippen molar-refractivity contribution in [3.05, 3.63) is 51.6 Å². The van der Waals surface area contributed by atoms with Crippen molar-refractivity contribution in [3.63, 3.8) is 0 Å². The number of hydrogen-bond acceptors (Lipinski definition) is 2. The molecule has 0 bridgehead atoms. The quantitative estimate of drug-likeness (QED) is 0.697. The number of nitrogen functional groups attached to an aromatic ring is 1. The number of rotatable bonds is 3. The lowest BCUT2D eigenvalue weighted by atomic mass is 10.1. The van der Waals surface area contributed by atoms with Gasteiger partial charge < -0.3 is 5.73 Å². The molecule has 1 aromatic heterocycles. The summed E-state index contributed by atoms with van der Waals surface area (Å²) in [5.74, 6) is 0.547. The van der Waals surface area contributed by atoms with Gasteiger partial charge in [-0.2, -0.15) is 0 Å². The molecule has 0 atom stereocenters. The number of para-hydroxylation sites is 1. The Kier molecular flexibility index (Phi) is 3.65. The number of nitrogens with zero attached hydrogens (tertiary/aromatic N) is 2. The van der Waals surface area contributed by atoms with Crippen molar-refractivity contribution in [2.45, 2.75) is 19.8 Å². The minimum atomic E-state index is 0.547. The molecular formula is C16H16IN3. The molecule has 0 saturated carbocycles. The highest BCUT2D eigenvalue weighted by atomic mass is 127. The molecule has 3 aromatic rings. The average molecular weight is 377 g/mol. The van der Waals surface area contributed by atoms with Crippen LogP contribution in [-0.4, -0.2) is 9.55 Å². The lowest BCUT2D eigenvalue weighted by Crippen LogP contribution is -2.03. The summed E-state index contributed by atoms with van der Waals surface area (Å²) in [6, 6.07) is 14.6. The summed E-state index contributed by atoms with van der Waals surface area (Å²) in [4.78, 5) is 4.49. The van der Waals surface area contributed by atoms with Crippen LogP contribution in [-0.2, 0) is 6.42 Å². The third-order valence-corrected chi connectivity index (χ3v) is 4.07. The summed E-state index contributed by atoms with van der Waals surface area (Å²) >= 11 is 2.29. The van der Waals surface area contributed by atoms with Crippen LogP contribution in [0.3, 0.4) is 0 Å². The van der Waals surface area contributed by atoms with E-state index in [2.05, 4.69) is 75.5 Å². The van der Waals surface area contributed by atoms with E-state index in [1.165, 1.54) is 9.13 Å². The molecule has 20 heavy (non-hydrogen) atoms. The number of benzene rings is 2. The first-order valence-electron chi connectivity index (χ1n) is 6.72. The first-order chi connectivity index (χ1) is 9.70. The van der Waals surface area contributed by atoms with Crippen LogP contribution in [0.5, 0.6) is 0 Å². The average Bonchev–Trinajstić information content (AvgIpc) is 2.75. The fraction of sp³-hybridized carbons (Fsp3) is 0.188. The first-order valence-corrected chi connectivity index (χ1v) is 7.80. The predicted octanol–water partition coefficient (Wildman–Crippen LogP) is 4.16. The molecule has 102 valence electrons. The van der Waals surface area contributed by atoms with Gasteiger partial charge in [0.2, 0.25) is 5.95 Å². The Labute approximate surface area is 132 Å². The van der Waals surface area contributed by atoms with Crippen LogP contribution in [0.25, 0.3) is 16.7 Å². The first kappa shape index (κ1) is 13.4. The molecule has 4 heteroatoms. The van der Waals surface area contributed by atoms with Crippen molar-refractivity contribution in [2.75, 3.05) is 5.73 Å². The van der Waals surface area contributed by atoms with Crippen molar-refractivity contribution < 1.29 is 0 Å². The van der Waals surface area contributed by atoms with Crippen LogP contribution in [0.2, 0.25) is 0 Å². The van der Waals surface area contributed by atoms with Crippen molar-refractivity contribution in [3.8, 4) is 5.69 Å². The zero-order valence-corrected chi connectivity index (χ0v) is 13.5. The van der Waals surface area contributed by atoms with E-state index < -0.39 is 0 Å². The number of imidazole rings is 1. The fourth-order valence-corrected chi connectivity index (χ4v) is 3.01. The van der Waals surface area contributed by atoms with Gasteiger partial charge in [-0.25, -0.2) is 4.98 Å². The number of nitrogens with two attached hydrogens (primary N) is 1. The molecule has 0 aliphatic carbocycles. The molecule has 3 rings (SSSR count). The van der Waals surface area contributed by atoms with Gasteiger partial charge in [-0.3, -0.25) is 4.57 Å². The SMILES string of the molecule is CCCc1ccccc1-n1c(N)nc2cc(I)ccc21. The zero-order valence-electron chi connectivity index (χ0n) is 11.3. The van der Waals surface area contributed by atoms with Gasteiger partial charge in [0.05, 0.1) is 16.7 Å². The third-order valence-electron chi connectivity index (χ3n) is 3.39. The van der Waals surface area contributed by atoms with E-state index in [1.807, 2.05) is 6.07 Å². The lowest BCUT2D eigenvalue weighted by molar-refractivity contribution is 0.905. The molecule has 0 aliphatic rings. The molecule has 0 amide bonds. The molecular weight excluding hydrogens is 361 g/mol. The van der Waals surface area contributed by atoms with Gasteiger partial charge >= 0.3 is 0 Å². The lowest BCUT2D eigenvalue weighted by Gasteiger charge is -2.12.